The van der Waals surface area contributed by atoms with Crippen molar-refractivity contribution in [1.29, 1.82) is 0 Å². The number of thiazole rings is 2. The third kappa shape index (κ3) is 4.00. The van der Waals surface area contributed by atoms with Crippen LogP contribution in [-0.4, -0.2) is 27.1 Å². The molecule has 0 aliphatic rings. The minimum atomic E-state index is -1.07. The first-order chi connectivity index (χ1) is 9.15. The molecule has 2 heterocycles. The van der Waals surface area contributed by atoms with Crippen molar-refractivity contribution >= 4 is 34.7 Å². The van der Waals surface area contributed by atoms with Gasteiger partial charge in [-0.05, 0) is 0 Å². The summed E-state index contributed by atoms with van der Waals surface area (Å²) >= 11 is 2.65. The Morgan fingerprint density at radius 3 is 2.68 bits per heavy atom. The summed E-state index contributed by atoms with van der Waals surface area (Å²) in [6.45, 7) is 0.612. The molecule has 0 saturated carbocycles. The van der Waals surface area contributed by atoms with Gasteiger partial charge in [-0.3, -0.25) is 4.98 Å². The fourth-order valence-corrected chi connectivity index (χ4v) is 2.45. The van der Waals surface area contributed by atoms with E-state index in [1.807, 2.05) is 0 Å². The van der Waals surface area contributed by atoms with Gasteiger partial charge in [0.25, 0.3) is 0 Å². The maximum atomic E-state index is 11.5. The Morgan fingerprint density at radius 2 is 2.05 bits per heavy atom. The molecule has 0 aliphatic heterocycles. The fraction of sp³-hybridized carbons (Fsp3) is 0.200. The van der Waals surface area contributed by atoms with Gasteiger partial charge in [0.1, 0.15) is 5.01 Å². The van der Waals surface area contributed by atoms with E-state index in [0.29, 0.717) is 11.6 Å². The molecule has 0 aromatic carbocycles. The Labute approximate surface area is 116 Å². The van der Waals surface area contributed by atoms with Crippen LogP contribution in [0.4, 0.5) is 4.79 Å². The zero-order valence-corrected chi connectivity index (χ0v) is 11.3. The van der Waals surface area contributed by atoms with Gasteiger partial charge in [0, 0.05) is 16.5 Å². The molecule has 0 unspecified atom stereocenters. The smallest absolute Gasteiger partial charge is 0.355 e. The van der Waals surface area contributed by atoms with Crippen molar-refractivity contribution in [1.82, 2.24) is 20.6 Å². The van der Waals surface area contributed by atoms with Crippen molar-refractivity contribution in [3.05, 3.63) is 32.7 Å². The van der Waals surface area contributed by atoms with E-state index in [0.717, 1.165) is 4.88 Å². The Hall–Kier alpha value is -2.00. The summed E-state index contributed by atoms with van der Waals surface area (Å²) in [6, 6.07) is -0.333. The number of carboxylic acids is 1. The molecule has 2 rings (SSSR count). The number of carbonyl (C=O) groups is 2. The van der Waals surface area contributed by atoms with Gasteiger partial charge in [0.2, 0.25) is 0 Å². The topological polar surface area (TPSA) is 104 Å². The molecule has 7 nitrogen and oxygen atoms in total. The van der Waals surface area contributed by atoms with Crippen LogP contribution in [0.3, 0.4) is 0 Å². The van der Waals surface area contributed by atoms with E-state index >= 15 is 0 Å². The number of nitrogens with one attached hydrogen (secondary N) is 2. The summed E-state index contributed by atoms with van der Waals surface area (Å²) in [5.41, 5.74) is 1.68. The van der Waals surface area contributed by atoms with Crippen molar-refractivity contribution in [2.75, 3.05) is 0 Å². The van der Waals surface area contributed by atoms with Crippen molar-refractivity contribution in [3.63, 3.8) is 0 Å². The van der Waals surface area contributed by atoms with Crippen LogP contribution in [0.5, 0.6) is 0 Å². The van der Waals surface area contributed by atoms with Gasteiger partial charge >= 0.3 is 12.0 Å². The molecule has 0 radical (unpaired) electrons. The molecule has 2 amide bonds. The first kappa shape index (κ1) is 13.4. The Bertz CT molecular complexity index is 567. The molecular formula is C10H10N4O3S2. The molecule has 0 atom stereocenters. The number of hydrogen-bond donors (Lipinski definition) is 3. The largest absolute Gasteiger partial charge is 0.476 e. The average Bonchev–Trinajstić information content (AvgIpc) is 3.05. The molecule has 2 aromatic heterocycles. The van der Waals surface area contributed by atoms with Gasteiger partial charge in [-0.25, -0.2) is 14.6 Å². The SMILES string of the molecule is O=C(NCc1cncs1)NCc1nc(C(=O)O)cs1. The van der Waals surface area contributed by atoms with Crippen LogP contribution in [0.2, 0.25) is 0 Å². The van der Waals surface area contributed by atoms with E-state index in [9.17, 15) is 9.59 Å². The number of rotatable bonds is 5. The van der Waals surface area contributed by atoms with E-state index in [1.165, 1.54) is 28.1 Å². The van der Waals surface area contributed by atoms with E-state index in [1.54, 1.807) is 11.7 Å². The van der Waals surface area contributed by atoms with Crippen LogP contribution in [0.25, 0.3) is 0 Å². The Balaban J connectivity index is 1.75. The number of nitrogens with zero attached hydrogens (tertiary/aromatic N) is 2. The van der Waals surface area contributed by atoms with E-state index in [-0.39, 0.29) is 18.3 Å². The zero-order valence-electron chi connectivity index (χ0n) is 9.62. The van der Waals surface area contributed by atoms with Gasteiger partial charge in [-0.15, -0.1) is 22.7 Å². The third-order valence-corrected chi connectivity index (χ3v) is 3.71. The van der Waals surface area contributed by atoms with Crippen molar-refractivity contribution in [3.8, 4) is 0 Å². The molecule has 3 N–H and O–H groups in total. The van der Waals surface area contributed by atoms with Crippen LogP contribution in [0.1, 0.15) is 20.4 Å². The zero-order chi connectivity index (χ0) is 13.7. The number of amides is 2. The third-order valence-electron chi connectivity index (χ3n) is 2.08. The molecule has 0 aliphatic carbocycles. The quantitative estimate of drug-likeness (QED) is 0.771. The standard InChI is InChI=1S/C10H10N4O3S2/c15-9(16)7-4-18-8(14-7)3-13-10(17)12-2-6-1-11-5-19-6/h1,4-5H,2-3H2,(H,15,16)(H2,12,13,17). The van der Waals surface area contributed by atoms with E-state index < -0.39 is 5.97 Å². The highest BCUT2D eigenvalue weighted by molar-refractivity contribution is 7.10. The lowest BCUT2D eigenvalue weighted by Crippen LogP contribution is -2.34. The second-order valence-electron chi connectivity index (χ2n) is 3.44. The molecule has 100 valence electrons. The lowest BCUT2D eigenvalue weighted by Gasteiger charge is -2.04. The molecule has 0 saturated heterocycles. The molecule has 0 bridgehead atoms. The number of carbonyl (C=O) groups excluding carboxylic acids is 1. The average molecular weight is 298 g/mol. The van der Waals surface area contributed by atoms with Gasteiger partial charge < -0.3 is 15.7 Å². The van der Waals surface area contributed by atoms with Crippen molar-refractivity contribution < 1.29 is 14.7 Å². The predicted molar refractivity (Wildman–Crippen MR) is 70.3 cm³/mol. The van der Waals surface area contributed by atoms with Crippen LogP contribution < -0.4 is 10.6 Å². The molecular weight excluding hydrogens is 288 g/mol. The second kappa shape index (κ2) is 6.25. The summed E-state index contributed by atoms with van der Waals surface area (Å²) in [6.07, 6.45) is 1.69. The highest BCUT2D eigenvalue weighted by Gasteiger charge is 2.09. The summed E-state index contributed by atoms with van der Waals surface area (Å²) < 4.78 is 0. The summed E-state index contributed by atoms with van der Waals surface area (Å²) in [7, 11) is 0. The van der Waals surface area contributed by atoms with Crippen LogP contribution in [-0.2, 0) is 13.1 Å². The Kier molecular flexibility index (Phi) is 4.42. The number of aromatic carboxylic acids is 1. The maximum absolute atomic E-state index is 11.5. The van der Waals surface area contributed by atoms with Gasteiger partial charge in [0.15, 0.2) is 5.69 Å². The second-order valence-corrected chi connectivity index (χ2v) is 5.35. The minimum absolute atomic E-state index is 0.00753. The monoisotopic (exact) mass is 298 g/mol. The number of urea groups is 1. The lowest BCUT2D eigenvalue weighted by atomic mass is 10.5. The highest BCUT2D eigenvalue weighted by atomic mass is 32.1. The summed E-state index contributed by atoms with van der Waals surface area (Å²) in [5, 5.41) is 16.0. The predicted octanol–water partition coefficient (Wildman–Crippen LogP) is 1.30. The fourth-order valence-electron chi connectivity index (χ4n) is 1.21. The van der Waals surface area contributed by atoms with Crippen molar-refractivity contribution in [2.24, 2.45) is 0 Å². The van der Waals surface area contributed by atoms with Crippen LogP contribution >= 0.6 is 22.7 Å². The molecule has 19 heavy (non-hydrogen) atoms. The summed E-state index contributed by atoms with van der Waals surface area (Å²) in [5.74, 6) is -1.07. The highest BCUT2D eigenvalue weighted by Crippen LogP contribution is 2.09. The maximum Gasteiger partial charge on any atom is 0.355 e. The first-order valence-corrected chi connectivity index (χ1v) is 6.98. The molecule has 0 fully saturated rings. The van der Waals surface area contributed by atoms with Gasteiger partial charge in [-0.1, -0.05) is 0 Å². The molecule has 9 heteroatoms. The van der Waals surface area contributed by atoms with Gasteiger partial charge in [-0.2, -0.15) is 0 Å². The molecule has 2 aromatic rings. The lowest BCUT2D eigenvalue weighted by molar-refractivity contribution is 0.0691. The van der Waals surface area contributed by atoms with Gasteiger partial charge in [0.05, 0.1) is 18.6 Å². The first-order valence-electron chi connectivity index (χ1n) is 5.22. The Morgan fingerprint density at radius 1 is 1.26 bits per heavy atom. The van der Waals surface area contributed by atoms with E-state index in [4.69, 9.17) is 5.11 Å². The van der Waals surface area contributed by atoms with E-state index in [2.05, 4.69) is 20.6 Å². The minimum Gasteiger partial charge on any atom is -0.476 e. The number of aromatic nitrogens is 2. The summed E-state index contributed by atoms with van der Waals surface area (Å²) in [4.78, 5) is 30.8. The molecule has 0 spiro atoms. The van der Waals surface area contributed by atoms with Crippen molar-refractivity contribution in [2.45, 2.75) is 13.1 Å². The van der Waals surface area contributed by atoms with Crippen LogP contribution in [0.15, 0.2) is 17.1 Å². The number of hydrogen-bond acceptors (Lipinski definition) is 6. The normalized spacial score (nSPS) is 10.1. The van der Waals surface area contributed by atoms with Crippen LogP contribution in [0, 0.1) is 0 Å². The number of carboxylic acid groups (broad SMARTS) is 1.